The molecule has 2 heterocycles. The van der Waals surface area contributed by atoms with Crippen molar-refractivity contribution in [3.05, 3.63) is 125 Å². The van der Waals surface area contributed by atoms with E-state index in [1.165, 1.54) is 67.8 Å². The lowest BCUT2D eigenvalue weighted by atomic mass is 10.0. The molecule has 16 N–H and O–H groups in total. The fourth-order valence-electron chi connectivity index (χ4n) is 8.48. The molecule has 0 saturated carbocycles. The van der Waals surface area contributed by atoms with Gasteiger partial charge in [0, 0.05) is 48.3 Å². The first-order valence-electron chi connectivity index (χ1n) is 26.9. The number of nitrogens with zero attached hydrogens (tertiary/aromatic N) is 1. The highest BCUT2D eigenvalue weighted by Gasteiger charge is 2.36. The number of nitrogens with one attached hydrogen (secondary N) is 9. The summed E-state index contributed by atoms with van der Waals surface area (Å²) in [7, 11) is 3.67. The number of aromatic hydroxyl groups is 2. The average molecular weight is 1210 g/mol. The zero-order valence-electron chi connectivity index (χ0n) is 45.9. The standard InChI is InChI=1S/C56H73ClN12O12S2/c1-32(70)47-56(81)68-46(54(79)65-43(48(59)73)27-34-13-19-38(71)20-14-34)31-83-82-30-45(67-50(75)40(58)26-33-11-17-37(57)18-12-33)55(80)66-44(28-35-15-21-39(72)22-16-35)53(78)64-41(10-4-6-25-62-49(74)36-8-7-24-61-29-36)51(76)63-42(52(77)69-47)9-3-5-23-60-2/h7-8,11-22,24,29,32,40-47,60,70-72H,3-6,9-10,23,25-28,30-31,58H2,1-2H3,(H2,59,73)(H,62,74)(H,63,76)(H,64,78)(H,65,79)(H,66,80)(H,67,75)(H,68,81)(H,69,77)/t32-,40+,41-,42+,43?,44+,45-,46+,47+/m1/s1. The van der Waals surface area contributed by atoms with Gasteiger partial charge in [-0.15, -0.1) is 0 Å². The lowest BCUT2D eigenvalue weighted by Crippen LogP contribution is -2.62. The minimum Gasteiger partial charge on any atom is -0.508 e. The Hall–Kier alpha value is -7.49. The third-order valence-electron chi connectivity index (χ3n) is 13.2. The van der Waals surface area contributed by atoms with Crippen LogP contribution in [0.2, 0.25) is 5.02 Å². The van der Waals surface area contributed by atoms with Gasteiger partial charge in [0.1, 0.15) is 53.8 Å². The maximum atomic E-state index is 14.8. The smallest absolute Gasteiger partial charge is 0.252 e. The van der Waals surface area contributed by atoms with Gasteiger partial charge in [-0.05, 0) is 131 Å². The van der Waals surface area contributed by atoms with Gasteiger partial charge in [0.2, 0.25) is 47.3 Å². The van der Waals surface area contributed by atoms with Gasteiger partial charge < -0.3 is 74.6 Å². The summed E-state index contributed by atoms with van der Waals surface area (Å²) < 4.78 is 0. The number of hydrogen-bond donors (Lipinski definition) is 14. The summed E-state index contributed by atoms with van der Waals surface area (Å²) >= 11 is 6.08. The second-order valence-corrected chi connectivity index (χ2v) is 22.8. The minimum atomic E-state index is -1.74. The van der Waals surface area contributed by atoms with Crippen LogP contribution in [0.15, 0.2) is 97.3 Å². The molecule has 0 aliphatic carbocycles. The normalized spacial score (nSPS) is 20.6. The zero-order valence-corrected chi connectivity index (χ0v) is 48.3. The van der Waals surface area contributed by atoms with E-state index < -0.39 is 102 Å². The Morgan fingerprint density at radius 2 is 1.25 bits per heavy atom. The molecular weight excluding hydrogens is 1130 g/mol. The molecule has 0 spiro atoms. The van der Waals surface area contributed by atoms with E-state index in [1.54, 1.807) is 43.4 Å². The molecule has 27 heteroatoms. The predicted octanol–water partition coefficient (Wildman–Crippen LogP) is 0.146. The molecule has 1 aromatic heterocycles. The predicted molar refractivity (Wildman–Crippen MR) is 314 cm³/mol. The fourth-order valence-corrected chi connectivity index (χ4v) is 10.9. The van der Waals surface area contributed by atoms with Gasteiger partial charge in [-0.1, -0.05) is 69.6 Å². The number of aromatic nitrogens is 1. The van der Waals surface area contributed by atoms with Crippen LogP contribution in [0.5, 0.6) is 11.5 Å². The second-order valence-electron chi connectivity index (χ2n) is 19.8. The lowest BCUT2D eigenvalue weighted by molar-refractivity contribution is -0.136. The Morgan fingerprint density at radius 3 is 1.84 bits per heavy atom. The number of aliphatic hydroxyl groups is 1. The van der Waals surface area contributed by atoms with E-state index in [0.29, 0.717) is 53.1 Å². The third kappa shape index (κ3) is 22.7. The number of rotatable bonds is 23. The SMILES string of the molecule is CNCCCC[C@@H]1NC(=O)[C@@H](CCCCNC(=O)c2cccnc2)NC(=O)[C@H](Cc2ccc(O)cc2)NC(=O)[C@H](NC(=O)[C@@H](N)Cc2ccc(Cl)cc2)CSSC[C@@H](C(=O)NC(Cc2ccc(O)cc2)C(N)=O)NC(=O)[C@H]([C@@H](C)O)NC1=O. The van der Waals surface area contributed by atoms with Crippen molar-refractivity contribution in [2.45, 2.75) is 119 Å². The van der Waals surface area contributed by atoms with Gasteiger partial charge >= 0.3 is 0 Å². The number of phenolic OH excluding ortho intramolecular Hbond substituents is 2. The van der Waals surface area contributed by atoms with E-state index in [2.05, 4.69) is 52.8 Å². The molecule has 3 aromatic carbocycles. The van der Waals surface area contributed by atoms with E-state index in [0.717, 1.165) is 21.6 Å². The van der Waals surface area contributed by atoms with Gasteiger partial charge in [0.15, 0.2) is 0 Å². The fraction of sp³-hybridized carbons (Fsp3) is 0.429. The van der Waals surface area contributed by atoms with Crippen molar-refractivity contribution < 1.29 is 58.5 Å². The number of benzene rings is 3. The molecule has 83 heavy (non-hydrogen) atoms. The topological polar surface area (TPSA) is 388 Å². The van der Waals surface area contributed by atoms with E-state index >= 15 is 0 Å². The van der Waals surface area contributed by atoms with Crippen LogP contribution in [-0.4, -0.2) is 160 Å². The maximum Gasteiger partial charge on any atom is 0.252 e. The Labute approximate surface area is 493 Å². The highest BCUT2D eigenvalue weighted by Crippen LogP contribution is 2.24. The highest BCUT2D eigenvalue weighted by molar-refractivity contribution is 8.76. The first kappa shape index (κ1) is 66.3. The molecule has 4 aromatic rings. The number of halogens is 1. The molecule has 9 atom stereocenters. The van der Waals surface area contributed by atoms with Gasteiger partial charge in [-0.2, -0.15) is 0 Å². The summed E-state index contributed by atoms with van der Waals surface area (Å²) in [6.45, 7) is 1.93. The molecular formula is C56H73ClN12O12S2. The van der Waals surface area contributed by atoms with E-state index in [-0.39, 0.29) is 74.0 Å². The van der Waals surface area contributed by atoms with Crippen molar-refractivity contribution in [1.82, 2.24) is 52.8 Å². The minimum absolute atomic E-state index is 0.0128. The molecule has 0 bridgehead atoms. The van der Waals surface area contributed by atoms with Crippen LogP contribution in [0.1, 0.15) is 72.5 Å². The number of phenols is 2. The molecule has 1 fully saturated rings. The lowest BCUT2D eigenvalue weighted by Gasteiger charge is -2.29. The van der Waals surface area contributed by atoms with Crippen LogP contribution in [0.3, 0.4) is 0 Å². The van der Waals surface area contributed by atoms with Crippen molar-refractivity contribution in [2.75, 3.05) is 31.6 Å². The molecule has 1 saturated heterocycles. The van der Waals surface area contributed by atoms with Crippen LogP contribution >= 0.6 is 33.2 Å². The van der Waals surface area contributed by atoms with Crippen LogP contribution in [-0.2, 0) is 57.6 Å². The van der Waals surface area contributed by atoms with E-state index in [1.807, 2.05) is 0 Å². The molecule has 1 aliphatic rings. The number of nitrogens with two attached hydrogens (primary N) is 2. The molecule has 1 aliphatic heterocycles. The molecule has 1 unspecified atom stereocenters. The molecule has 5 rings (SSSR count). The zero-order chi connectivity index (χ0) is 60.4. The van der Waals surface area contributed by atoms with Gasteiger partial charge in [0.05, 0.1) is 17.7 Å². The second kappa shape index (κ2) is 34.2. The largest absolute Gasteiger partial charge is 0.508 e. The Kier molecular flexibility index (Phi) is 27.3. The summed E-state index contributed by atoms with van der Waals surface area (Å²) in [6.07, 6.45) is 2.46. The summed E-state index contributed by atoms with van der Waals surface area (Å²) in [5.41, 5.74) is 14.1. The number of unbranched alkanes of at least 4 members (excludes halogenated alkanes) is 2. The van der Waals surface area contributed by atoms with Gasteiger partial charge in [-0.3, -0.25) is 48.1 Å². The molecule has 9 amide bonds. The number of hydrogen-bond acceptors (Lipinski definition) is 17. The van der Waals surface area contributed by atoms with Crippen LogP contribution in [0, 0.1) is 0 Å². The molecule has 448 valence electrons. The highest BCUT2D eigenvalue weighted by atomic mass is 35.5. The monoisotopic (exact) mass is 1200 g/mol. The van der Waals surface area contributed by atoms with Crippen LogP contribution in [0.25, 0.3) is 0 Å². The number of carbonyl (C=O) groups excluding carboxylic acids is 9. The maximum absolute atomic E-state index is 14.8. The van der Waals surface area contributed by atoms with Crippen molar-refractivity contribution in [3.63, 3.8) is 0 Å². The Bertz CT molecular complexity index is 2810. The summed E-state index contributed by atoms with van der Waals surface area (Å²) in [6, 6.07) is 9.98. The number of amides is 9. The van der Waals surface area contributed by atoms with E-state index in [4.69, 9.17) is 23.1 Å². The van der Waals surface area contributed by atoms with Crippen molar-refractivity contribution >= 4 is 86.4 Å². The van der Waals surface area contributed by atoms with Gasteiger partial charge in [0.25, 0.3) is 5.91 Å². The number of pyridine rings is 1. The quantitative estimate of drug-likeness (QED) is 0.0347. The van der Waals surface area contributed by atoms with Crippen LogP contribution < -0.4 is 59.3 Å². The number of primary amides is 1. The van der Waals surface area contributed by atoms with Crippen molar-refractivity contribution in [2.24, 2.45) is 11.5 Å². The number of carbonyl (C=O) groups is 9. The van der Waals surface area contributed by atoms with Crippen molar-refractivity contribution in [1.29, 1.82) is 0 Å². The molecule has 0 radical (unpaired) electrons. The summed E-state index contributed by atoms with van der Waals surface area (Å²) in [5.74, 6) is -8.16. The van der Waals surface area contributed by atoms with E-state index in [9.17, 15) is 58.5 Å². The Morgan fingerprint density at radius 1 is 0.699 bits per heavy atom. The Balaban J connectivity index is 1.53. The van der Waals surface area contributed by atoms with Crippen molar-refractivity contribution in [3.8, 4) is 11.5 Å². The third-order valence-corrected chi connectivity index (χ3v) is 15.9. The molecule has 24 nitrogen and oxygen atoms in total. The van der Waals surface area contributed by atoms with Gasteiger partial charge in [-0.25, -0.2) is 0 Å². The first-order valence-corrected chi connectivity index (χ1v) is 29.8. The van der Waals surface area contributed by atoms with Crippen LogP contribution in [0.4, 0.5) is 0 Å². The number of aliphatic hydroxyl groups excluding tert-OH is 1. The average Bonchev–Trinajstić information content (AvgIpc) is 3.56. The summed E-state index contributed by atoms with van der Waals surface area (Å²) in [4.78, 5) is 131. The summed E-state index contributed by atoms with van der Waals surface area (Å²) in [5, 5.41) is 55.9. The first-order chi connectivity index (χ1) is 39.7.